The Bertz CT molecular complexity index is 976. The lowest BCUT2D eigenvalue weighted by atomic mass is 10.1. The van der Waals surface area contributed by atoms with Crippen LogP contribution in [0.25, 0.3) is 6.08 Å². The number of allylic oxidation sites excluding steroid dienone is 1. The zero-order valence-electron chi connectivity index (χ0n) is 23.4. The number of ether oxygens (including phenoxy) is 3. The molecular weight excluding hydrogens is 500 g/mol. The molecule has 1 aromatic rings. The molecule has 1 N–H and O–H groups in total. The van der Waals surface area contributed by atoms with Crippen molar-refractivity contribution < 1.29 is 28.6 Å². The van der Waals surface area contributed by atoms with Gasteiger partial charge in [0.05, 0.1) is 25.9 Å². The van der Waals surface area contributed by atoms with E-state index >= 15 is 0 Å². The lowest BCUT2D eigenvalue weighted by Crippen LogP contribution is -2.52. The smallest absolute Gasteiger partial charge is 0.407 e. The summed E-state index contributed by atoms with van der Waals surface area (Å²) in [5.41, 5.74) is 2.10. The van der Waals surface area contributed by atoms with Gasteiger partial charge in [-0.25, -0.2) is 9.59 Å². The van der Waals surface area contributed by atoms with Crippen molar-refractivity contribution in [2.24, 2.45) is 0 Å². The molecule has 1 fully saturated rings. The Labute approximate surface area is 228 Å². The molecule has 3 rings (SSSR count). The van der Waals surface area contributed by atoms with Gasteiger partial charge < -0.3 is 24.4 Å². The third-order valence-electron chi connectivity index (χ3n) is 6.85. The summed E-state index contributed by atoms with van der Waals surface area (Å²) in [6, 6.07) is 7.45. The van der Waals surface area contributed by atoms with Gasteiger partial charge in [0.1, 0.15) is 12.1 Å². The highest BCUT2D eigenvalue weighted by Crippen LogP contribution is 2.25. The van der Waals surface area contributed by atoms with E-state index in [1.54, 1.807) is 4.90 Å². The first kappa shape index (κ1) is 29.9. The number of benzene rings is 1. The Hall–Kier alpha value is -2.65. The molecule has 1 saturated heterocycles. The average molecular weight is 545 g/mol. The Balaban J connectivity index is 1.82. The molecule has 2 aliphatic heterocycles. The average Bonchev–Trinajstić information content (AvgIpc) is 3.30. The molecule has 0 saturated carbocycles. The van der Waals surface area contributed by atoms with Crippen LogP contribution in [0.4, 0.5) is 4.79 Å². The zero-order chi connectivity index (χ0) is 27.5. The number of carbonyl (C=O) groups excluding carboxylic acids is 3. The van der Waals surface area contributed by atoms with E-state index in [2.05, 4.69) is 43.2 Å². The monoisotopic (exact) mass is 544 g/mol. The normalized spacial score (nSPS) is 23.3. The van der Waals surface area contributed by atoms with Crippen LogP contribution >= 0.6 is 0 Å². The molecular formula is C29H44N2O6Si. The zero-order valence-corrected chi connectivity index (χ0v) is 24.4. The molecule has 2 amide bonds. The molecule has 0 aliphatic carbocycles. The molecule has 2 aliphatic rings. The second kappa shape index (κ2) is 14.5. The maximum Gasteiger partial charge on any atom is 0.407 e. The molecule has 4 bridgehead atoms. The van der Waals surface area contributed by atoms with Crippen LogP contribution in [0, 0.1) is 0 Å². The highest BCUT2D eigenvalue weighted by Gasteiger charge is 2.43. The molecule has 210 valence electrons. The first-order valence-corrected chi connectivity index (χ1v) is 17.6. The van der Waals surface area contributed by atoms with Crippen molar-refractivity contribution in [3.8, 4) is 0 Å². The SMILES string of the molecule is CCCC[C@@H]1NC(=O)OCCCC=Cc2cccc(c2)CO[C@@H]2C[C@@H](C(=O)OCC[Si](C)(C)C)N(C2)C1=O. The largest absolute Gasteiger partial charge is 0.464 e. The summed E-state index contributed by atoms with van der Waals surface area (Å²) < 4.78 is 17.2. The lowest BCUT2D eigenvalue weighted by Gasteiger charge is -2.28. The number of rotatable bonds is 7. The van der Waals surface area contributed by atoms with Crippen LogP contribution in [0.15, 0.2) is 30.3 Å². The predicted molar refractivity (Wildman–Crippen MR) is 150 cm³/mol. The van der Waals surface area contributed by atoms with Gasteiger partial charge in [0.15, 0.2) is 0 Å². The number of nitrogens with one attached hydrogen (secondary N) is 1. The molecule has 38 heavy (non-hydrogen) atoms. The van der Waals surface area contributed by atoms with Gasteiger partial charge in [0.2, 0.25) is 5.91 Å². The molecule has 0 spiro atoms. The number of alkyl carbamates (subject to hydrolysis) is 1. The van der Waals surface area contributed by atoms with Crippen molar-refractivity contribution in [2.45, 2.75) is 95.9 Å². The fraction of sp³-hybridized carbons (Fsp3) is 0.621. The molecule has 2 heterocycles. The quantitative estimate of drug-likeness (QED) is 0.377. The predicted octanol–water partition coefficient (Wildman–Crippen LogP) is 5.15. The van der Waals surface area contributed by atoms with E-state index in [0.29, 0.717) is 32.5 Å². The minimum Gasteiger partial charge on any atom is -0.464 e. The number of hydrogen-bond donors (Lipinski definition) is 1. The first-order valence-electron chi connectivity index (χ1n) is 13.9. The first-order chi connectivity index (χ1) is 18.2. The topological polar surface area (TPSA) is 94.2 Å². The van der Waals surface area contributed by atoms with E-state index in [9.17, 15) is 14.4 Å². The summed E-state index contributed by atoms with van der Waals surface area (Å²) in [6.45, 7) is 9.98. The van der Waals surface area contributed by atoms with Crippen LogP contribution in [0.3, 0.4) is 0 Å². The summed E-state index contributed by atoms with van der Waals surface area (Å²) in [5.74, 6) is -0.697. The van der Waals surface area contributed by atoms with Gasteiger partial charge in [-0.05, 0) is 42.5 Å². The van der Waals surface area contributed by atoms with E-state index in [1.165, 1.54) is 0 Å². The number of fused-ring (bicyclic) bond motifs is 4. The second-order valence-electron chi connectivity index (χ2n) is 11.4. The summed E-state index contributed by atoms with van der Waals surface area (Å²) >= 11 is 0. The Morgan fingerprint density at radius 3 is 2.82 bits per heavy atom. The standard InChI is InChI=1S/C29H44N2O6Si/c1-5-6-14-25-27(32)31-20-24(19-26(31)28(33)35-16-17-38(2,3)4)37-21-23-13-10-12-22(18-23)11-8-7-9-15-36-29(34)30-25/h8,10-13,18,24-26H,5-7,9,14-17,19-21H2,1-4H3,(H,30,34)/t24-,25+,26+/m1/s1. The Kier molecular flexibility index (Phi) is 11.4. The summed E-state index contributed by atoms with van der Waals surface area (Å²) in [7, 11) is -1.38. The third kappa shape index (κ3) is 9.58. The molecule has 9 heteroatoms. The van der Waals surface area contributed by atoms with Gasteiger partial charge in [-0.1, -0.05) is 69.8 Å². The molecule has 0 aromatic heterocycles. The van der Waals surface area contributed by atoms with Crippen molar-refractivity contribution in [3.05, 3.63) is 41.5 Å². The number of unbranched alkanes of at least 4 members (excludes halogenated alkanes) is 1. The van der Waals surface area contributed by atoms with E-state index in [4.69, 9.17) is 14.2 Å². The maximum absolute atomic E-state index is 13.7. The number of amides is 2. The van der Waals surface area contributed by atoms with Gasteiger partial charge in [-0.3, -0.25) is 4.79 Å². The molecule has 1 aromatic carbocycles. The van der Waals surface area contributed by atoms with E-state index < -0.39 is 32.2 Å². The highest BCUT2D eigenvalue weighted by atomic mass is 28.3. The van der Waals surface area contributed by atoms with E-state index in [-0.39, 0.29) is 25.2 Å². The molecule has 0 unspecified atom stereocenters. The molecule has 0 radical (unpaired) electrons. The van der Waals surface area contributed by atoms with Crippen molar-refractivity contribution >= 4 is 32.1 Å². The van der Waals surface area contributed by atoms with Crippen LogP contribution < -0.4 is 5.32 Å². The van der Waals surface area contributed by atoms with Gasteiger partial charge in [0, 0.05) is 21.0 Å². The van der Waals surface area contributed by atoms with Crippen LogP contribution in [0.5, 0.6) is 0 Å². The minimum absolute atomic E-state index is 0.260. The number of esters is 1. The van der Waals surface area contributed by atoms with Gasteiger partial charge in [0.25, 0.3) is 0 Å². The van der Waals surface area contributed by atoms with Crippen LogP contribution in [0.2, 0.25) is 25.7 Å². The molecule has 8 nitrogen and oxygen atoms in total. The summed E-state index contributed by atoms with van der Waals surface area (Å²) in [4.78, 5) is 41.0. The number of nitrogens with zero attached hydrogens (tertiary/aromatic N) is 1. The number of carbonyl (C=O) groups is 3. The van der Waals surface area contributed by atoms with Gasteiger partial charge in [-0.15, -0.1) is 0 Å². The van der Waals surface area contributed by atoms with Crippen molar-refractivity contribution in [2.75, 3.05) is 19.8 Å². The Morgan fingerprint density at radius 1 is 1.24 bits per heavy atom. The van der Waals surface area contributed by atoms with E-state index in [1.807, 2.05) is 25.1 Å². The maximum atomic E-state index is 13.7. The summed E-state index contributed by atoms with van der Waals surface area (Å²) in [6.07, 6.45) is 7.10. The lowest BCUT2D eigenvalue weighted by molar-refractivity contribution is -0.153. The highest BCUT2D eigenvalue weighted by molar-refractivity contribution is 6.76. The van der Waals surface area contributed by atoms with Crippen LogP contribution in [-0.4, -0.2) is 68.9 Å². The number of cyclic esters (lactones) is 1. The van der Waals surface area contributed by atoms with Crippen LogP contribution in [-0.2, 0) is 30.4 Å². The Morgan fingerprint density at radius 2 is 2.05 bits per heavy atom. The van der Waals surface area contributed by atoms with Crippen LogP contribution in [0.1, 0.15) is 56.6 Å². The fourth-order valence-corrected chi connectivity index (χ4v) is 5.29. The van der Waals surface area contributed by atoms with Crippen molar-refractivity contribution in [3.63, 3.8) is 0 Å². The van der Waals surface area contributed by atoms with Crippen molar-refractivity contribution in [1.82, 2.24) is 10.2 Å². The van der Waals surface area contributed by atoms with Gasteiger partial charge >= 0.3 is 12.1 Å². The summed E-state index contributed by atoms with van der Waals surface area (Å²) in [5, 5.41) is 2.76. The van der Waals surface area contributed by atoms with Crippen molar-refractivity contribution in [1.29, 1.82) is 0 Å². The second-order valence-corrected chi connectivity index (χ2v) is 17.0. The minimum atomic E-state index is -1.38. The van der Waals surface area contributed by atoms with E-state index in [0.717, 1.165) is 36.4 Å². The van der Waals surface area contributed by atoms with Gasteiger partial charge in [-0.2, -0.15) is 0 Å². The number of hydrogen-bond acceptors (Lipinski definition) is 6. The fourth-order valence-electron chi connectivity index (χ4n) is 4.58. The molecule has 3 atom stereocenters. The third-order valence-corrected chi connectivity index (χ3v) is 8.55.